The predicted octanol–water partition coefficient (Wildman–Crippen LogP) is 0.458. The molecule has 0 rings (SSSR count). The highest BCUT2D eigenvalue weighted by Crippen LogP contribution is 2.24. The van der Waals surface area contributed by atoms with Crippen molar-refractivity contribution in [3.8, 4) is 6.07 Å². The average Bonchev–Trinajstić information content (AvgIpc) is 2.03. The van der Waals surface area contributed by atoms with Crippen LogP contribution >= 0.6 is 0 Å². The molecule has 72 valence electrons. The fourth-order valence-electron chi connectivity index (χ4n) is 0.460. The number of hydrogen-bond donors (Lipinski definition) is 1. The maximum atomic E-state index is 11.8. The maximum absolute atomic E-state index is 11.8. The van der Waals surface area contributed by atoms with Crippen LogP contribution in [0.1, 0.15) is 0 Å². The summed E-state index contributed by atoms with van der Waals surface area (Å²) in [6.45, 7) is 0. The SMILES string of the molecule is COC(=O)/C(C#N)=C(\N)C(F)(F)F. The molecule has 0 fully saturated rings. The molecule has 0 unspecified atom stereocenters. The first-order valence-corrected chi connectivity index (χ1v) is 2.90. The lowest BCUT2D eigenvalue weighted by molar-refractivity contribution is -0.137. The van der Waals surface area contributed by atoms with Gasteiger partial charge in [-0.05, 0) is 0 Å². The van der Waals surface area contributed by atoms with Gasteiger partial charge in [0.1, 0.15) is 11.8 Å². The Morgan fingerprint density at radius 1 is 1.54 bits per heavy atom. The van der Waals surface area contributed by atoms with Gasteiger partial charge in [-0.25, -0.2) is 4.79 Å². The number of ether oxygens (including phenoxy) is 1. The van der Waals surface area contributed by atoms with Gasteiger partial charge >= 0.3 is 12.1 Å². The van der Waals surface area contributed by atoms with Gasteiger partial charge < -0.3 is 10.5 Å². The van der Waals surface area contributed by atoms with Gasteiger partial charge in [-0.2, -0.15) is 18.4 Å². The molecule has 0 spiro atoms. The van der Waals surface area contributed by atoms with Crippen molar-refractivity contribution >= 4 is 5.97 Å². The summed E-state index contributed by atoms with van der Waals surface area (Å²) in [7, 11) is 0.851. The van der Waals surface area contributed by atoms with Crippen LogP contribution in [0.2, 0.25) is 0 Å². The molecule has 2 N–H and O–H groups in total. The van der Waals surface area contributed by atoms with Crippen molar-refractivity contribution in [2.24, 2.45) is 5.73 Å². The van der Waals surface area contributed by atoms with Gasteiger partial charge in [-0.3, -0.25) is 0 Å². The van der Waals surface area contributed by atoms with Crippen LogP contribution in [0, 0.1) is 11.3 Å². The average molecular weight is 194 g/mol. The van der Waals surface area contributed by atoms with E-state index in [9.17, 15) is 18.0 Å². The van der Waals surface area contributed by atoms with E-state index < -0.39 is 23.4 Å². The molecule has 0 saturated heterocycles. The van der Waals surface area contributed by atoms with Gasteiger partial charge in [0.15, 0.2) is 5.57 Å². The number of alkyl halides is 3. The van der Waals surface area contributed by atoms with Crippen LogP contribution in [-0.4, -0.2) is 19.3 Å². The zero-order chi connectivity index (χ0) is 10.6. The van der Waals surface area contributed by atoms with Crippen LogP contribution in [0.4, 0.5) is 13.2 Å². The van der Waals surface area contributed by atoms with E-state index in [1.165, 1.54) is 0 Å². The summed E-state index contributed by atoms with van der Waals surface area (Å²) in [6, 6.07) is 1.02. The smallest absolute Gasteiger partial charge is 0.432 e. The lowest BCUT2D eigenvalue weighted by Gasteiger charge is -2.07. The summed E-state index contributed by atoms with van der Waals surface area (Å²) in [4.78, 5) is 10.5. The minimum atomic E-state index is -4.90. The standard InChI is InChI=1S/C6H5F3N2O2/c1-13-5(12)3(2-10)4(11)6(7,8)9/h11H2,1H3/b4-3-. The highest BCUT2D eigenvalue weighted by atomic mass is 19.4. The summed E-state index contributed by atoms with van der Waals surface area (Å²) < 4.78 is 39.4. The number of hydrogen-bond acceptors (Lipinski definition) is 4. The molecule has 0 aliphatic heterocycles. The quantitative estimate of drug-likeness (QED) is 0.373. The normalized spacial score (nSPS) is 12.8. The Kier molecular flexibility index (Phi) is 3.30. The third kappa shape index (κ3) is 2.66. The second-order valence-corrected chi connectivity index (χ2v) is 1.89. The molecule has 7 heteroatoms. The van der Waals surface area contributed by atoms with Crippen LogP contribution in [-0.2, 0) is 9.53 Å². The molecule has 0 aromatic rings. The van der Waals surface area contributed by atoms with Crippen LogP contribution in [0.15, 0.2) is 11.3 Å². The molecule has 0 radical (unpaired) electrons. The third-order valence-corrected chi connectivity index (χ3v) is 1.08. The van der Waals surface area contributed by atoms with Crippen molar-refractivity contribution < 1.29 is 22.7 Å². The molecule has 0 aliphatic rings. The molecule has 0 aliphatic carbocycles. The molecule has 0 aromatic heterocycles. The van der Waals surface area contributed by atoms with E-state index in [1.54, 1.807) is 0 Å². The second kappa shape index (κ2) is 3.80. The van der Waals surface area contributed by atoms with Crippen LogP contribution < -0.4 is 5.73 Å². The van der Waals surface area contributed by atoms with Crippen LogP contribution in [0.25, 0.3) is 0 Å². The molecule has 13 heavy (non-hydrogen) atoms. The number of nitrogens with two attached hydrogens (primary N) is 1. The highest BCUT2D eigenvalue weighted by molar-refractivity contribution is 5.93. The van der Waals surface area contributed by atoms with E-state index in [0.29, 0.717) is 0 Å². The number of carbonyl (C=O) groups excluding carboxylic acids is 1. The highest BCUT2D eigenvalue weighted by Gasteiger charge is 2.36. The van der Waals surface area contributed by atoms with Crippen molar-refractivity contribution in [1.29, 1.82) is 5.26 Å². The Bertz CT molecular complexity index is 287. The second-order valence-electron chi connectivity index (χ2n) is 1.89. The van der Waals surface area contributed by atoms with Gasteiger partial charge in [0, 0.05) is 0 Å². The van der Waals surface area contributed by atoms with Crippen LogP contribution in [0.5, 0.6) is 0 Å². The largest absolute Gasteiger partial charge is 0.465 e. The number of halogens is 3. The Labute approximate surface area is 71.4 Å². The predicted molar refractivity (Wildman–Crippen MR) is 34.9 cm³/mol. The first kappa shape index (κ1) is 11.3. The molecular weight excluding hydrogens is 189 g/mol. The zero-order valence-corrected chi connectivity index (χ0v) is 6.47. The van der Waals surface area contributed by atoms with Crippen LogP contribution in [0.3, 0.4) is 0 Å². The number of methoxy groups -OCH3 is 1. The number of rotatable bonds is 1. The molecule has 0 aromatic carbocycles. The Morgan fingerprint density at radius 2 is 2.00 bits per heavy atom. The van der Waals surface area contributed by atoms with E-state index in [0.717, 1.165) is 13.2 Å². The Hall–Kier alpha value is -1.71. The van der Waals surface area contributed by atoms with Crippen molar-refractivity contribution in [1.82, 2.24) is 0 Å². The van der Waals surface area contributed by atoms with E-state index in [-0.39, 0.29) is 0 Å². The molecule has 0 amide bonds. The van der Waals surface area contributed by atoms with Gasteiger partial charge in [0.05, 0.1) is 7.11 Å². The van der Waals surface area contributed by atoms with E-state index in [2.05, 4.69) is 10.5 Å². The lowest BCUT2D eigenvalue weighted by Crippen LogP contribution is -2.24. The van der Waals surface area contributed by atoms with Crippen molar-refractivity contribution in [3.05, 3.63) is 11.3 Å². The minimum Gasteiger partial charge on any atom is -0.465 e. The summed E-state index contributed by atoms with van der Waals surface area (Å²) in [5, 5.41) is 8.17. The molecule has 4 nitrogen and oxygen atoms in total. The first-order chi connectivity index (χ1) is 5.84. The van der Waals surface area contributed by atoms with Crippen molar-refractivity contribution in [2.45, 2.75) is 6.18 Å². The molecule has 0 saturated carbocycles. The van der Waals surface area contributed by atoms with Crippen molar-refractivity contribution in [2.75, 3.05) is 7.11 Å². The number of carbonyl (C=O) groups is 1. The summed E-state index contributed by atoms with van der Waals surface area (Å²) in [5.74, 6) is -1.41. The van der Waals surface area contributed by atoms with E-state index in [4.69, 9.17) is 5.26 Å². The summed E-state index contributed by atoms with van der Waals surface area (Å²) in [6.07, 6.45) is -4.90. The topological polar surface area (TPSA) is 76.1 Å². The fourth-order valence-corrected chi connectivity index (χ4v) is 0.460. The van der Waals surface area contributed by atoms with Crippen molar-refractivity contribution in [3.63, 3.8) is 0 Å². The molecular formula is C6H5F3N2O2. The maximum Gasteiger partial charge on any atom is 0.432 e. The number of nitrogens with zero attached hydrogens (tertiary/aromatic N) is 1. The monoisotopic (exact) mass is 194 g/mol. The third-order valence-electron chi connectivity index (χ3n) is 1.08. The molecule has 0 heterocycles. The fraction of sp³-hybridized carbons (Fsp3) is 0.333. The van der Waals surface area contributed by atoms with Gasteiger partial charge in [0.2, 0.25) is 0 Å². The van der Waals surface area contributed by atoms with E-state index >= 15 is 0 Å². The Morgan fingerprint density at radius 3 is 2.23 bits per heavy atom. The summed E-state index contributed by atoms with van der Waals surface area (Å²) >= 11 is 0. The van der Waals surface area contributed by atoms with Gasteiger partial charge in [0.25, 0.3) is 0 Å². The zero-order valence-electron chi connectivity index (χ0n) is 6.47. The lowest BCUT2D eigenvalue weighted by atomic mass is 10.2. The Balaban J connectivity index is 5.18. The molecule has 0 bridgehead atoms. The number of nitriles is 1. The number of esters is 1. The van der Waals surface area contributed by atoms with Gasteiger partial charge in [-0.15, -0.1) is 0 Å². The first-order valence-electron chi connectivity index (χ1n) is 2.90. The minimum absolute atomic E-state index is 0.851. The molecule has 0 atom stereocenters. The van der Waals surface area contributed by atoms with Gasteiger partial charge in [-0.1, -0.05) is 0 Å². The van der Waals surface area contributed by atoms with E-state index in [1.807, 2.05) is 0 Å². The number of allylic oxidation sites excluding steroid dienone is 1. The summed E-state index contributed by atoms with van der Waals surface area (Å²) in [5.41, 5.74) is 1.52.